The second-order valence-electron chi connectivity index (χ2n) is 7.05. The molecule has 156 valence electrons. The summed E-state index contributed by atoms with van der Waals surface area (Å²) in [7, 11) is 1.53. The third-order valence-corrected chi connectivity index (χ3v) is 5.15. The topological polar surface area (TPSA) is 93.5 Å². The van der Waals surface area contributed by atoms with Crippen LogP contribution in [0.5, 0.6) is 11.5 Å². The predicted octanol–water partition coefficient (Wildman–Crippen LogP) is 3.34. The number of methoxy groups -OCH3 is 1. The number of hydrogen-bond donors (Lipinski definition) is 2. The summed E-state index contributed by atoms with van der Waals surface area (Å²) < 4.78 is 6.57. The van der Waals surface area contributed by atoms with Crippen LogP contribution in [0.4, 0.5) is 0 Å². The van der Waals surface area contributed by atoms with Gasteiger partial charge in [-0.15, -0.1) is 0 Å². The molecule has 31 heavy (non-hydrogen) atoms. The number of ether oxygens (including phenoxy) is 1. The van der Waals surface area contributed by atoms with Gasteiger partial charge >= 0.3 is 0 Å². The van der Waals surface area contributed by atoms with Gasteiger partial charge in [-0.25, -0.2) is 4.98 Å². The molecule has 4 aromatic rings. The minimum absolute atomic E-state index is 0.231. The van der Waals surface area contributed by atoms with E-state index in [0.717, 1.165) is 11.1 Å². The van der Waals surface area contributed by atoms with E-state index in [4.69, 9.17) is 4.74 Å². The van der Waals surface area contributed by atoms with E-state index in [-0.39, 0.29) is 17.8 Å². The van der Waals surface area contributed by atoms with Gasteiger partial charge in [0.05, 0.1) is 18.2 Å². The summed E-state index contributed by atoms with van der Waals surface area (Å²) >= 11 is 0. The Bertz CT molecular complexity index is 1340. The van der Waals surface area contributed by atoms with Crippen LogP contribution in [0.1, 0.15) is 21.5 Å². The molecule has 0 aliphatic rings. The number of nitrogens with zero attached hydrogens (tertiary/aromatic N) is 2. The molecule has 7 heteroatoms. The van der Waals surface area contributed by atoms with Crippen LogP contribution in [0.25, 0.3) is 16.7 Å². The van der Waals surface area contributed by atoms with Crippen molar-refractivity contribution in [2.24, 2.45) is 0 Å². The van der Waals surface area contributed by atoms with Crippen LogP contribution in [-0.2, 0) is 6.54 Å². The van der Waals surface area contributed by atoms with Gasteiger partial charge in [-0.3, -0.25) is 14.2 Å². The van der Waals surface area contributed by atoms with Gasteiger partial charge in [0.15, 0.2) is 5.65 Å². The highest BCUT2D eigenvalue weighted by molar-refractivity contribution is 6.02. The molecule has 0 aliphatic carbocycles. The maximum absolute atomic E-state index is 13.4. The molecule has 0 saturated heterocycles. The highest BCUT2D eigenvalue weighted by Crippen LogP contribution is 2.27. The second-order valence-corrected chi connectivity index (χ2v) is 7.05. The largest absolute Gasteiger partial charge is 0.506 e. The summed E-state index contributed by atoms with van der Waals surface area (Å²) in [6.45, 7) is 2.17. The lowest BCUT2D eigenvalue weighted by Gasteiger charge is -2.15. The van der Waals surface area contributed by atoms with Crippen molar-refractivity contribution in [2.45, 2.75) is 13.5 Å². The van der Waals surface area contributed by atoms with E-state index in [1.807, 2.05) is 31.2 Å². The normalized spacial score (nSPS) is 10.8. The smallest absolute Gasteiger partial charge is 0.273 e. The zero-order valence-corrected chi connectivity index (χ0v) is 17.1. The van der Waals surface area contributed by atoms with Crippen molar-refractivity contribution >= 4 is 16.9 Å². The first-order valence-corrected chi connectivity index (χ1v) is 9.71. The van der Waals surface area contributed by atoms with E-state index in [2.05, 4.69) is 10.3 Å². The van der Waals surface area contributed by atoms with Gasteiger partial charge in [-0.05, 0) is 42.3 Å². The highest BCUT2D eigenvalue weighted by atomic mass is 16.5. The average molecular weight is 415 g/mol. The molecule has 2 aromatic carbocycles. The van der Waals surface area contributed by atoms with E-state index in [1.165, 1.54) is 17.9 Å². The van der Waals surface area contributed by atoms with E-state index in [1.54, 1.807) is 36.4 Å². The number of aryl methyl sites for hydroxylation is 1. The number of fused-ring (bicyclic) bond motifs is 1. The van der Waals surface area contributed by atoms with Crippen LogP contribution in [0.2, 0.25) is 0 Å². The van der Waals surface area contributed by atoms with Crippen molar-refractivity contribution in [2.75, 3.05) is 7.11 Å². The molecule has 2 aromatic heterocycles. The van der Waals surface area contributed by atoms with Crippen molar-refractivity contribution in [1.29, 1.82) is 0 Å². The number of aromatic hydroxyl groups is 1. The molecule has 2 N–H and O–H groups in total. The number of nitrogens with one attached hydrogen (secondary N) is 1. The lowest BCUT2D eigenvalue weighted by molar-refractivity contribution is 0.0946. The minimum atomic E-state index is -0.667. The molecule has 0 bridgehead atoms. The Morgan fingerprint density at radius 1 is 1.13 bits per heavy atom. The summed E-state index contributed by atoms with van der Waals surface area (Å²) in [5.41, 5.74) is 1.65. The van der Waals surface area contributed by atoms with Gasteiger partial charge < -0.3 is 15.2 Å². The molecule has 0 saturated carbocycles. The number of benzene rings is 2. The first kappa shape index (κ1) is 20.2. The molecule has 1 amide bonds. The summed E-state index contributed by atoms with van der Waals surface area (Å²) in [4.78, 5) is 30.6. The number of pyridine rings is 2. The maximum Gasteiger partial charge on any atom is 0.273 e. The summed E-state index contributed by atoms with van der Waals surface area (Å²) in [6, 6.07) is 17.7. The van der Waals surface area contributed by atoms with E-state index >= 15 is 0 Å². The lowest BCUT2D eigenvalue weighted by Crippen LogP contribution is -2.33. The molecule has 0 fully saturated rings. The predicted molar refractivity (Wildman–Crippen MR) is 118 cm³/mol. The van der Waals surface area contributed by atoms with Gasteiger partial charge in [0.2, 0.25) is 0 Å². The zero-order valence-electron chi connectivity index (χ0n) is 17.1. The highest BCUT2D eigenvalue weighted by Gasteiger charge is 2.23. The van der Waals surface area contributed by atoms with Crippen LogP contribution in [0.3, 0.4) is 0 Å². The number of amides is 1. The van der Waals surface area contributed by atoms with Crippen LogP contribution in [0, 0.1) is 6.92 Å². The number of hydrogen-bond acceptors (Lipinski definition) is 5. The first-order valence-electron chi connectivity index (χ1n) is 9.71. The molecule has 0 radical (unpaired) electrons. The molecule has 0 spiro atoms. The fourth-order valence-corrected chi connectivity index (χ4v) is 3.47. The van der Waals surface area contributed by atoms with Gasteiger partial charge in [-0.2, -0.15) is 0 Å². The Morgan fingerprint density at radius 3 is 2.71 bits per heavy atom. The van der Waals surface area contributed by atoms with Crippen LogP contribution in [-0.4, -0.2) is 27.7 Å². The standard InChI is InChI=1S/C24H21N3O4/c1-15-7-3-4-8-16(15)14-26-23(29)20-21(28)19-11-6-12-25-22(19)27(24(20)30)17-9-5-10-18(13-17)31-2/h3-13,28H,14H2,1-2H3,(H,26,29). The van der Waals surface area contributed by atoms with E-state index < -0.39 is 17.2 Å². The molecule has 4 rings (SSSR count). The number of rotatable bonds is 5. The van der Waals surface area contributed by atoms with Gasteiger partial charge in [0.1, 0.15) is 17.1 Å². The fraction of sp³-hybridized carbons (Fsp3) is 0.125. The second kappa shape index (κ2) is 8.31. The third-order valence-electron chi connectivity index (χ3n) is 5.15. The fourth-order valence-electron chi connectivity index (χ4n) is 3.47. The maximum atomic E-state index is 13.4. The summed E-state index contributed by atoms with van der Waals surface area (Å²) in [5.74, 6) is -0.505. The minimum Gasteiger partial charge on any atom is -0.506 e. The summed E-state index contributed by atoms with van der Waals surface area (Å²) in [5, 5.41) is 13.8. The van der Waals surface area contributed by atoms with Crippen molar-refractivity contribution in [1.82, 2.24) is 14.9 Å². The van der Waals surface area contributed by atoms with E-state index in [9.17, 15) is 14.7 Å². The Balaban J connectivity index is 1.85. The molecule has 2 heterocycles. The quantitative estimate of drug-likeness (QED) is 0.522. The summed E-state index contributed by atoms with van der Waals surface area (Å²) in [6.07, 6.45) is 1.52. The number of carbonyl (C=O) groups is 1. The van der Waals surface area contributed by atoms with Gasteiger partial charge in [0.25, 0.3) is 11.5 Å². The average Bonchev–Trinajstić information content (AvgIpc) is 2.79. The Morgan fingerprint density at radius 2 is 1.94 bits per heavy atom. The SMILES string of the molecule is COc1cccc(-n2c(=O)c(C(=O)NCc3ccccc3C)c(O)c3cccnc32)c1. The molecule has 0 aliphatic heterocycles. The molecule has 0 atom stereocenters. The number of carbonyl (C=O) groups excluding carboxylic acids is 1. The molecule has 7 nitrogen and oxygen atoms in total. The third kappa shape index (κ3) is 3.73. The first-order chi connectivity index (χ1) is 15.0. The van der Waals surface area contributed by atoms with Crippen LogP contribution >= 0.6 is 0 Å². The lowest BCUT2D eigenvalue weighted by atomic mass is 10.1. The van der Waals surface area contributed by atoms with Crippen LogP contribution in [0.15, 0.2) is 71.7 Å². The Labute approximate surface area is 178 Å². The van der Waals surface area contributed by atoms with Crippen molar-refractivity contribution < 1.29 is 14.6 Å². The monoisotopic (exact) mass is 415 g/mol. The van der Waals surface area contributed by atoms with Crippen LogP contribution < -0.4 is 15.6 Å². The van der Waals surface area contributed by atoms with Gasteiger partial charge in [0, 0.05) is 18.8 Å². The Hall–Kier alpha value is -4.13. The van der Waals surface area contributed by atoms with Gasteiger partial charge in [-0.1, -0.05) is 30.3 Å². The van der Waals surface area contributed by atoms with Crippen molar-refractivity contribution in [3.05, 3.63) is 93.9 Å². The molecular formula is C24H21N3O4. The molecular weight excluding hydrogens is 394 g/mol. The molecule has 0 unspecified atom stereocenters. The Kier molecular flexibility index (Phi) is 5.41. The zero-order chi connectivity index (χ0) is 22.0. The number of aromatic nitrogens is 2. The van der Waals surface area contributed by atoms with E-state index in [0.29, 0.717) is 16.8 Å². The van der Waals surface area contributed by atoms with Crippen molar-refractivity contribution in [3.63, 3.8) is 0 Å². The van der Waals surface area contributed by atoms with Crippen molar-refractivity contribution in [3.8, 4) is 17.2 Å².